The van der Waals surface area contributed by atoms with E-state index in [1.165, 1.54) is 45.4 Å². The lowest BCUT2D eigenvalue weighted by Crippen LogP contribution is -2.60. The predicted octanol–water partition coefficient (Wildman–Crippen LogP) is 5.47. The molecule has 6 fully saturated rings. The second kappa shape index (κ2) is 6.36. The first kappa shape index (κ1) is 20.7. The van der Waals surface area contributed by atoms with Crippen molar-refractivity contribution in [1.29, 1.82) is 0 Å². The Labute approximate surface area is 187 Å². The average Bonchev–Trinajstić information content (AvgIpc) is 3.33. The molecule has 0 N–H and O–H groups in total. The van der Waals surface area contributed by atoms with Gasteiger partial charge in [-0.05, 0) is 87.4 Å². The molecule has 0 aromatic heterocycles. The minimum Gasteiger partial charge on any atom is -0.462 e. The molecule has 1 heterocycles. The first-order valence-electron chi connectivity index (χ1n) is 13.0. The summed E-state index contributed by atoms with van der Waals surface area (Å²) in [4.78, 5) is 24.8. The van der Waals surface area contributed by atoms with Crippen LogP contribution in [-0.2, 0) is 19.1 Å². The number of esters is 1. The molecule has 4 heteroatoms. The molecule has 6 rings (SSSR count). The lowest BCUT2D eigenvalue weighted by Gasteiger charge is -2.61. The van der Waals surface area contributed by atoms with Crippen LogP contribution < -0.4 is 0 Å². The van der Waals surface area contributed by atoms with Crippen molar-refractivity contribution in [2.24, 2.45) is 39.9 Å². The minimum absolute atomic E-state index is 0.0244. The number of ketones is 1. The fourth-order valence-electron chi connectivity index (χ4n) is 10.8. The van der Waals surface area contributed by atoms with E-state index in [1.807, 2.05) is 6.92 Å². The van der Waals surface area contributed by atoms with Gasteiger partial charge in [0.05, 0.1) is 6.10 Å². The van der Waals surface area contributed by atoms with Gasteiger partial charge < -0.3 is 9.47 Å². The Morgan fingerprint density at radius 2 is 1.68 bits per heavy atom. The number of hydrogen-bond acceptors (Lipinski definition) is 4. The normalized spacial score (nSPS) is 56.9. The van der Waals surface area contributed by atoms with Gasteiger partial charge in [0.15, 0.2) is 0 Å². The van der Waals surface area contributed by atoms with Gasteiger partial charge in [-0.3, -0.25) is 9.59 Å². The number of epoxide rings is 1. The molecule has 1 spiro atoms. The topological polar surface area (TPSA) is 55.9 Å². The fraction of sp³-hybridized carbons (Fsp3) is 0.926. The van der Waals surface area contributed by atoms with Gasteiger partial charge in [0.1, 0.15) is 17.5 Å². The fourth-order valence-corrected chi connectivity index (χ4v) is 10.8. The zero-order valence-electron chi connectivity index (χ0n) is 19.9. The van der Waals surface area contributed by atoms with Crippen LogP contribution >= 0.6 is 0 Å². The van der Waals surface area contributed by atoms with Gasteiger partial charge in [-0.15, -0.1) is 0 Å². The second-order valence-electron chi connectivity index (χ2n) is 12.7. The number of Topliss-reactive ketones (excluding diaryl/α,β-unsaturated/α-hetero) is 1. The Hall–Kier alpha value is -0.900. The summed E-state index contributed by atoms with van der Waals surface area (Å²) in [6.07, 6.45) is 13.1. The maximum absolute atomic E-state index is 13.2. The molecule has 0 amide bonds. The number of rotatable bonds is 2. The van der Waals surface area contributed by atoms with Crippen LogP contribution in [0.5, 0.6) is 0 Å². The number of carbonyl (C=O) groups excluding carboxylic acids is 2. The molecule has 5 unspecified atom stereocenters. The Morgan fingerprint density at radius 3 is 2.42 bits per heavy atom. The molecule has 4 nitrogen and oxygen atoms in total. The van der Waals surface area contributed by atoms with Crippen molar-refractivity contribution in [2.75, 3.05) is 0 Å². The zero-order chi connectivity index (χ0) is 21.8. The summed E-state index contributed by atoms with van der Waals surface area (Å²) in [5.74, 6) is 2.98. The van der Waals surface area contributed by atoms with Gasteiger partial charge in [-0.2, -0.15) is 0 Å². The Morgan fingerprint density at radius 1 is 0.903 bits per heavy atom. The number of ether oxygens (including phenoxy) is 2. The van der Waals surface area contributed by atoms with Crippen LogP contribution in [0.1, 0.15) is 98.3 Å². The molecule has 6 aliphatic rings. The third kappa shape index (κ3) is 2.36. The van der Waals surface area contributed by atoms with Crippen molar-refractivity contribution in [3.8, 4) is 0 Å². The molecular formula is C27H40O4. The summed E-state index contributed by atoms with van der Waals surface area (Å²) in [5, 5.41) is 0. The highest BCUT2D eigenvalue weighted by Crippen LogP contribution is 2.77. The molecule has 1 saturated heterocycles. The van der Waals surface area contributed by atoms with Crippen LogP contribution in [0, 0.1) is 39.9 Å². The number of fused-ring (bicyclic) bond motifs is 6. The van der Waals surface area contributed by atoms with E-state index < -0.39 is 0 Å². The van der Waals surface area contributed by atoms with Gasteiger partial charge in [0.25, 0.3) is 0 Å². The van der Waals surface area contributed by atoms with Crippen LogP contribution in [0.2, 0.25) is 0 Å². The third-order valence-corrected chi connectivity index (χ3v) is 12.0. The summed E-state index contributed by atoms with van der Waals surface area (Å²) in [7, 11) is 0. The van der Waals surface area contributed by atoms with Crippen LogP contribution in [0.4, 0.5) is 0 Å². The first-order valence-corrected chi connectivity index (χ1v) is 13.0. The Balaban J connectivity index is 1.33. The SMILES string of the molecule is CC(=O)OC1CC[C@]2(C)C3CC[C@@]4(C)C(C[C@H]5CCCCC54C(C)=O)C3C[C@@H]3O[C@@]32C1. The Kier molecular flexibility index (Phi) is 4.25. The quantitative estimate of drug-likeness (QED) is 0.432. The highest BCUT2D eigenvalue weighted by Gasteiger charge is 2.78. The highest BCUT2D eigenvalue weighted by molar-refractivity contribution is 5.84. The maximum Gasteiger partial charge on any atom is 0.302 e. The first-order chi connectivity index (χ1) is 14.7. The molecule has 1 aliphatic heterocycles. The lowest BCUT2D eigenvalue weighted by molar-refractivity contribution is -0.163. The van der Waals surface area contributed by atoms with Crippen LogP contribution in [0.25, 0.3) is 0 Å². The van der Waals surface area contributed by atoms with Gasteiger partial charge >= 0.3 is 5.97 Å². The highest BCUT2D eigenvalue weighted by atomic mass is 16.6. The van der Waals surface area contributed by atoms with E-state index in [-0.39, 0.29) is 33.9 Å². The van der Waals surface area contributed by atoms with Gasteiger partial charge in [0.2, 0.25) is 0 Å². The molecule has 5 aliphatic carbocycles. The molecule has 5 saturated carbocycles. The number of hydrogen-bond donors (Lipinski definition) is 0. The van der Waals surface area contributed by atoms with Gasteiger partial charge in [-0.25, -0.2) is 0 Å². The molecule has 172 valence electrons. The largest absolute Gasteiger partial charge is 0.462 e. The van der Waals surface area contributed by atoms with Crippen LogP contribution in [0.3, 0.4) is 0 Å². The monoisotopic (exact) mass is 428 g/mol. The van der Waals surface area contributed by atoms with E-state index in [0.29, 0.717) is 35.6 Å². The lowest BCUT2D eigenvalue weighted by atomic mass is 9.42. The van der Waals surface area contributed by atoms with Crippen molar-refractivity contribution in [2.45, 2.75) is 116 Å². The summed E-state index contributed by atoms with van der Waals surface area (Å²) in [6.45, 7) is 8.45. The van der Waals surface area contributed by atoms with E-state index >= 15 is 0 Å². The van der Waals surface area contributed by atoms with Crippen molar-refractivity contribution in [3.05, 3.63) is 0 Å². The standard InChI is InChI=1S/C27H40O4/c1-16(28)26-10-6-5-7-18(26)13-22-20-14-23-27(31-23)15-19(30-17(2)29)8-11-25(27,4)21(20)9-12-24(22,26)3/h18-23H,5-15H2,1-4H3/t18-,19?,20?,21?,22?,23+,24+,25-,26?,27+/m1/s1. The molecule has 0 aromatic carbocycles. The maximum atomic E-state index is 13.2. The number of carbonyl (C=O) groups is 2. The Bertz CT molecular complexity index is 822. The second-order valence-corrected chi connectivity index (χ2v) is 12.7. The van der Waals surface area contributed by atoms with E-state index in [2.05, 4.69) is 13.8 Å². The van der Waals surface area contributed by atoms with Crippen LogP contribution in [-0.4, -0.2) is 29.6 Å². The van der Waals surface area contributed by atoms with E-state index in [0.717, 1.165) is 32.1 Å². The molecular weight excluding hydrogens is 388 g/mol. The van der Waals surface area contributed by atoms with E-state index in [9.17, 15) is 9.59 Å². The molecule has 0 radical (unpaired) electrons. The molecule has 31 heavy (non-hydrogen) atoms. The van der Waals surface area contributed by atoms with Crippen LogP contribution in [0.15, 0.2) is 0 Å². The zero-order valence-corrected chi connectivity index (χ0v) is 19.9. The molecule has 10 atom stereocenters. The summed E-state index contributed by atoms with van der Waals surface area (Å²) >= 11 is 0. The third-order valence-electron chi connectivity index (χ3n) is 12.0. The van der Waals surface area contributed by atoms with E-state index in [4.69, 9.17) is 9.47 Å². The van der Waals surface area contributed by atoms with Crippen molar-refractivity contribution < 1.29 is 19.1 Å². The predicted molar refractivity (Wildman–Crippen MR) is 117 cm³/mol. The molecule has 0 aromatic rings. The van der Waals surface area contributed by atoms with Crippen molar-refractivity contribution in [3.63, 3.8) is 0 Å². The summed E-state index contributed by atoms with van der Waals surface area (Å²) in [6, 6.07) is 0. The van der Waals surface area contributed by atoms with Gasteiger partial charge in [0, 0.05) is 24.2 Å². The van der Waals surface area contributed by atoms with Crippen molar-refractivity contribution >= 4 is 11.8 Å². The smallest absolute Gasteiger partial charge is 0.302 e. The minimum atomic E-state index is -0.160. The van der Waals surface area contributed by atoms with Gasteiger partial charge in [-0.1, -0.05) is 26.7 Å². The van der Waals surface area contributed by atoms with E-state index in [1.54, 1.807) is 0 Å². The molecule has 0 bridgehead atoms. The van der Waals surface area contributed by atoms with Crippen molar-refractivity contribution in [1.82, 2.24) is 0 Å². The summed E-state index contributed by atoms with van der Waals surface area (Å²) in [5.41, 5.74) is 0.235. The summed E-state index contributed by atoms with van der Waals surface area (Å²) < 4.78 is 12.2. The average molecular weight is 429 g/mol.